The van der Waals surface area contributed by atoms with Crippen LogP contribution in [-0.2, 0) is 16.1 Å². The molecule has 2 heterocycles. The van der Waals surface area contributed by atoms with Gasteiger partial charge in [-0.25, -0.2) is 4.79 Å². The zero-order valence-electron chi connectivity index (χ0n) is 17.8. The maximum Gasteiger partial charge on any atom is 0.341 e. The van der Waals surface area contributed by atoms with E-state index in [-0.39, 0.29) is 5.91 Å². The number of nitrogens with one attached hydrogen (secondary N) is 1. The second-order valence-electron chi connectivity index (χ2n) is 7.27. The number of carbonyl (C=O) groups is 2. The molecule has 2 aromatic rings. The number of thiophene rings is 1. The summed E-state index contributed by atoms with van der Waals surface area (Å²) in [5.41, 5.74) is 1.65. The number of anilines is 1. The highest BCUT2D eigenvalue weighted by Gasteiger charge is 2.22. The molecule has 0 radical (unpaired) electrons. The minimum atomic E-state index is -0.400. The van der Waals surface area contributed by atoms with E-state index in [1.807, 2.05) is 19.1 Å². The number of hydrogen-bond donors (Lipinski definition) is 1. The first-order chi connectivity index (χ1) is 14.5. The molecule has 0 saturated carbocycles. The van der Waals surface area contributed by atoms with E-state index in [4.69, 9.17) is 9.47 Å². The lowest BCUT2D eigenvalue weighted by atomic mass is 10.2. The van der Waals surface area contributed by atoms with Gasteiger partial charge in [-0.1, -0.05) is 12.1 Å². The van der Waals surface area contributed by atoms with Crippen LogP contribution in [0.15, 0.2) is 30.3 Å². The maximum atomic E-state index is 12.5. The number of rotatable bonds is 8. The van der Waals surface area contributed by atoms with Gasteiger partial charge in [-0.3, -0.25) is 14.6 Å². The average Bonchev–Trinajstić information content (AvgIpc) is 3.10. The summed E-state index contributed by atoms with van der Waals surface area (Å²) >= 11 is 1.39. The fraction of sp³-hybridized carbons (Fsp3) is 0.455. The Kier molecular flexibility index (Phi) is 7.84. The monoisotopic (exact) mass is 431 g/mol. The number of piperazine rings is 1. The van der Waals surface area contributed by atoms with Crippen molar-refractivity contribution >= 4 is 28.2 Å². The fourth-order valence-electron chi connectivity index (χ4n) is 3.47. The van der Waals surface area contributed by atoms with Gasteiger partial charge in [-0.05, 0) is 37.6 Å². The Morgan fingerprint density at radius 3 is 2.57 bits per heavy atom. The number of benzene rings is 1. The summed E-state index contributed by atoms with van der Waals surface area (Å²) in [5.74, 6) is 0.362. The predicted molar refractivity (Wildman–Crippen MR) is 118 cm³/mol. The van der Waals surface area contributed by atoms with Gasteiger partial charge >= 0.3 is 5.97 Å². The molecule has 1 aromatic heterocycles. The molecule has 0 atom stereocenters. The summed E-state index contributed by atoms with van der Waals surface area (Å²) in [4.78, 5) is 30.1. The van der Waals surface area contributed by atoms with Crippen molar-refractivity contribution < 1.29 is 19.1 Å². The Bertz CT molecular complexity index is 875. The fourth-order valence-corrected chi connectivity index (χ4v) is 4.39. The van der Waals surface area contributed by atoms with Crippen molar-refractivity contribution in [2.45, 2.75) is 20.4 Å². The van der Waals surface area contributed by atoms with Gasteiger partial charge in [0.2, 0.25) is 5.91 Å². The lowest BCUT2D eigenvalue weighted by Crippen LogP contribution is -2.48. The molecule has 1 aliphatic heterocycles. The first kappa shape index (κ1) is 22.3. The van der Waals surface area contributed by atoms with Gasteiger partial charge in [-0.15, -0.1) is 11.3 Å². The molecule has 1 aliphatic rings. The quantitative estimate of drug-likeness (QED) is 0.648. The average molecular weight is 432 g/mol. The molecule has 8 heteroatoms. The van der Waals surface area contributed by atoms with Crippen molar-refractivity contribution in [1.29, 1.82) is 0 Å². The molecular weight excluding hydrogens is 402 g/mol. The van der Waals surface area contributed by atoms with Crippen molar-refractivity contribution in [2.24, 2.45) is 0 Å². The molecule has 162 valence electrons. The summed E-state index contributed by atoms with van der Waals surface area (Å²) in [5, 5.41) is 3.45. The van der Waals surface area contributed by atoms with E-state index in [0.29, 0.717) is 23.7 Å². The minimum Gasteiger partial charge on any atom is -0.497 e. The third kappa shape index (κ3) is 6.04. The largest absolute Gasteiger partial charge is 0.497 e. The van der Waals surface area contributed by atoms with Crippen molar-refractivity contribution in [3.63, 3.8) is 0 Å². The Morgan fingerprint density at radius 2 is 1.87 bits per heavy atom. The molecule has 0 unspecified atom stereocenters. The van der Waals surface area contributed by atoms with Crippen LogP contribution in [0, 0.1) is 6.92 Å². The zero-order valence-corrected chi connectivity index (χ0v) is 18.6. The topological polar surface area (TPSA) is 71.1 Å². The first-order valence-corrected chi connectivity index (χ1v) is 10.9. The molecule has 0 bridgehead atoms. The van der Waals surface area contributed by atoms with Gasteiger partial charge in [-0.2, -0.15) is 0 Å². The third-order valence-corrected chi connectivity index (χ3v) is 5.94. The van der Waals surface area contributed by atoms with Crippen LogP contribution in [0.4, 0.5) is 5.00 Å². The molecule has 7 nitrogen and oxygen atoms in total. The first-order valence-electron chi connectivity index (χ1n) is 10.1. The number of esters is 1. The van der Waals surface area contributed by atoms with Crippen LogP contribution in [-0.4, -0.2) is 68.1 Å². The highest BCUT2D eigenvalue weighted by atomic mass is 32.1. The molecule has 1 fully saturated rings. The number of amides is 1. The van der Waals surface area contributed by atoms with Gasteiger partial charge in [0.05, 0.1) is 25.8 Å². The summed E-state index contributed by atoms with van der Waals surface area (Å²) in [7, 11) is 1.68. The molecule has 0 aliphatic carbocycles. The number of aryl methyl sites for hydroxylation is 1. The van der Waals surface area contributed by atoms with Crippen molar-refractivity contribution in [2.75, 3.05) is 51.8 Å². The van der Waals surface area contributed by atoms with E-state index >= 15 is 0 Å². The zero-order chi connectivity index (χ0) is 21.5. The summed E-state index contributed by atoms with van der Waals surface area (Å²) in [6.07, 6.45) is 0. The lowest BCUT2D eigenvalue weighted by Gasteiger charge is -2.34. The van der Waals surface area contributed by atoms with Crippen LogP contribution < -0.4 is 10.1 Å². The van der Waals surface area contributed by atoms with Gasteiger partial charge in [0.1, 0.15) is 10.8 Å². The van der Waals surface area contributed by atoms with Crippen molar-refractivity contribution in [1.82, 2.24) is 9.80 Å². The van der Waals surface area contributed by atoms with Gasteiger partial charge in [0.25, 0.3) is 0 Å². The van der Waals surface area contributed by atoms with Crippen LogP contribution in [0.25, 0.3) is 0 Å². The van der Waals surface area contributed by atoms with Crippen LogP contribution in [0.3, 0.4) is 0 Å². The molecule has 1 aromatic carbocycles. The minimum absolute atomic E-state index is 0.108. The molecule has 3 rings (SSSR count). The maximum absolute atomic E-state index is 12.5. The van der Waals surface area contributed by atoms with E-state index in [1.165, 1.54) is 16.9 Å². The predicted octanol–water partition coefficient (Wildman–Crippen LogP) is 3.00. The normalized spacial score (nSPS) is 15.0. The Balaban J connectivity index is 1.48. The highest BCUT2D eigenvalue weighted by Crippen LogP contribution is 2.28. The summed E-state index contributed by atoms with van der Waals surface area (Å²) in [6, 6.07) is 9.88. The SMILES string of the molecule is CCOC(=O)c1cc(C)sc1NC(=O)CN1CCN(Cc2cccc(OC)c2)CC1. The summed E-state index contributed by atoms with van der Waals surface area (Å²) in [6.45, 7) is 8.61. The second kappa shape index (κ2) is 10.6. The number of methoxy groups -OCH3 is 1. The van der Waals surface area contributed by atoms with E-state index in [9.17, 15) is 9.59 Å². The smallest absolute Gasteiger partial charge is 0.341 e. The molecule has 0 spiro atoms. The number of carbonyl (C=O) groups excluding carboxylic acids is 2. The van der Waals surface area contributed by atoms with Gasteiger partial charge in [0, 0.05) is 37.6 Å². The van der Waals surface area contributed by atoms with Crippen LogP contribution >= 0.6 is 11.3 Å². The standard InChI is InChI=1S/C22H29N3O4S/c1-4-29-22(27)19-12-16(2)30-21(19)23-20(26)15-25-10-8-24(9-11-25)14-17-6-5-7-18(13-17)28-3/h5-7,12-13H,4,8-11,14-15H2,1-3H3,(H,23,26). The Hall–Kier alpha value is -2.42. The number of nitrogens with zero attached hydrogens (tertiary/aromatic N) is 2. The van der Waals surface area contributed by atoms with E-state index in [2.05, 4.69) is 27.2 Å². The molecule has 1 amide bonds. The highest BCUT2D eigenvalue weighted by molar-refractivity contribution is 7.16. The van der Waals surface area contributed by atoms with Crippen molar-refractivity contribution in [3.05, 3.63) is 46.3 Å². The molecular formula is C22H29N3O4S. The third-order valence-electron chi connectivity index (χ3n) is 4.98. The number of ether oxygens (including phenoxy) is 2. The van der Waals surface area contributed by atoms with E-state index in [1.54, 1.807) is 20.1 Å². The molecule has 30 heavy (non-hydrogen) atoms. The second-order valence-corrected chi connectivity index (χ2v) is 8.53. The molecule has 1 N–H and O–H groups in total. The van der Waals surface area contributed by atoms with Crippen molar-refractivity contribution in [3.8, 4) is 5.75 Å². The Labute approximate surface area is 181 Å². The number of hydrogen-bond acceptors (Lipinski definition) is 7. The van der Waals surface area contributed by atoms with Gasteiger partial charge < -0.3 is 14.8 Å². The van der Waals surface area contributed by atoms with Crippen LogP contribution in [0.1, 0.15) is 27.7 Å². The van der Waals surface area contributed by atoms with Crippen LogP contribution in [0.2, 0.25) is 0 Å². The molecule has 1 saturated heterocycles. The van der Waals surface area contributed by atoms with Crippen LogP contribution in [0.5, 0.6) is 5.75 Å². The Morgan fingerprint density at radius 1 is 1.13 bits per heavy atom. The van der Waals surface area contributed by atoms with Gasteiger partial charge in [0.15, 0.2) is 0 Å². The summed E-state index contributed by atoms with van der Waals surface area (Å²) < 4.78 is 10.4. The van der Waals surface area contributed by atoms with E-state index in [0.717, 1.165) is 43.4 Å². The van der Waals surface area contributed by atoms with E-state index < -0.39 is 5.97 Å². The lowest BCUT2D eigenvalue weighted by molar-refractivity contribution is -0.117.